The van der Waals surface area contributed by atoms with Crippen LogP contribution in [0.2, 0.25) is 10.0 Å². The van der Waals surface area contributed by atoms with Crippen molar-refractivity contribution < 1.29 is 9.32 Å². The molecule has 3 heterocycles. The highest BCUT2D eigenvalue weighted by atomic mass is 35.5. The Bertz CT molecular complexity index is 1170. The molecule has 2 saturated heterocycles. The van der Waals surface area contributed by atoms with Crippen molar-refractivity contribution in [3.63, 3.8) is 0 Å². The normalized spacial score (nSPS) is 17.7. The number of piperazine rings is 1. The van der Waals surface area contributed by atoms with Gasteiger partial charge in [0, 0.05) is 53.4 Å². The zero-order chi connectivity index (χ0) is 24.4. The predicted octanol–water partition coefficient (Wildman–Crippen LogP) is 4.91. The monoisotopic (exact) mass is 513 g/mol. The molecule has 0 unspecified atom stereocenters. The van der Waals surface area contributed by atoms with E-state index >= 15 is 0 Å². The summed E-state index contributed by atoms with van der Waals surface area (Å²) in [7, 11) is 0. The van der Waals surface area contributed by atoms with Crippen LogP contribution in [-0.4, -0.2) is 65.1 Å². The van der Waals surface area contributed by atoms with E-state index < -0.39 is 0 Å². The Balaban J connectivity index is 1.10. The number of rotatable bonds is 5. The van der Waals surface area contributed by atoms with Crippen LogP contribution in [0.25, 0.3) is 11.4 Å². The molecule has 2 aliphatic rings. The number of hydrogen-bond donors (Lipinski definition) is 0. The van der Waals surface area contributed by atoms with Crippen molar-refractivity contribution in [2.75, 3.05) is 44.2 Å². The van der Waals surface area contributed by atoms with Gasteiger partial charge in [0.05, 0.1) is 6.54 Å². The maximum absolute atomic E-state index is 13.2. The van der Waals surface area contributed by atoms with Crippen LogP contribution in [0, 0.1) is 12.8 Å². The number of halogens is 2. The SMILES string of the molecule is Cc1ccc(Cl)cc1N1CCN(C(=O)C2CCN(Cc3nc(-c4ccc(Cl)cc4)no3)CC2)CC1. The first-order valence-electron chi connectivity index (χ1n) is 12.1. The molecule has 2 aromatic carbocycles. The van der Waals surface area contributed by atoms with Crippen LogP contribution in [0.1, 0.15) is 24.3 Å². The molecule has 0 bridgehead atoms. The summed E-state index contributed by atoms with van der Waals surface area (Å²) in [4.78, 5) is 24.4. The topological polar surface area (TPSA) is 65.7 Å². The number of nitrogens with zero attached hydrogens (tertiary/aromatic N) is 5. The Labute approximate surface area is 215 Å². The van der Waals surface area contributed by atoms with E-state index in [0.717, 1.165) is 68.4 Å². The number of carbonyl (C=O) groups is 1. The summed E-state index contributed by atoms with van der Waals surface area (Å²) in [5, 5.41) is 5.52. The summed E-state index contributed by atoms with van der Waals surface area (Å²) in [5.41, 5.74) is 3.25. The number of benzene rings is 2. The fourth-order valence-electron chi connectivity index (χ4n) is 4.91. The lowest BCUT2D eigenvalue weighted by Gasteiger charge is -2.39. The molecule has 0 spiro atoms. The van der Waals surface area contributed by atoms with Gasteiger partial charge in [-0.1, -0.05) is 34.4 Å². The minimum atomic E-state index is 0.0815. The summed E-state index contributed by atoms with van der Waals surface area (Å²) in [6, 6.07) is 13.4. The number of likely N-dealkylation sites (tertiary alicyclic amines) is 1. The average molecular weight is 514 g/mol. The molecular formula is C26H29Cl2N5O2. The van der Waals surface area contributed by atoms with E-state index in [1.165, 1.54) is 5.56 Å². The van der Waals surface area contributed by atoms with E-state index in [9.17, 15) is 4.79 Å². The van der Waals surface area contributed by atoms with E-state index in [-0.39, 0.29) is 11.8 Å². The highest BCUT2D eigenvalue weighted by Crippen LogP contribution is 2.27. The lowest BCUT2D eigenvalue weighted by atomic mass is 9.95. The van der Waals surface area contributed by atoms with Crippen molar-refractivity contribution in [2.24, 2.45) is 5.92 Å². The predicted molar refractivity (Wildman–Crippen MR) is 138 cm³/mol. The highest BCUT2D eigenvalue weighted by molar-refractivity contribution is 6.31. The zero-order valence-electron chi connectivity index (χ0n) is 19.8. The van der Waals surface area contributed by atoms with Crippen molar-refractivity contribution in [1.29, 1.82) is 0 Å². The van der Waals surface area contributed by atoms with E-state index in [0.29, 0.717) is 23.3 Å². The fourth-order valence-corrected chi connectivity index (χ4v) is 5.21. The van der Waals surface area contributed by atoms with Crippen molar-refractivity contribution in [3.05, 3.63) is 64.0 Å². The number of aromatic nitrogens is 2. The zero-order valence-corrected chi connectivity index (χ0v) is 21.3. The second-order valence-electron chi connectivity index (χ2n) is 9.31. The van der Waals surface area contributed by atoms with Crippen LogP contribution in [0.3, 0.4) is 0 Å². The molecule has 0 radical (unpaired) electrons. The first-order chi connectivity index (χ1) is 17.0. The Hall–Kier alpha value is -2.61. The summed E-state index contributed by atoms with van der Waals surface area (Å²) >= 11 is 12.2. The van der Waals surface area contributed by atoms with Crippen LogP contribution < -0.4 is 4.90 Å². The van der Waals surface area contributed by atoms with Crippen LogP contribution >= 0.6 is 23.2 Å². The fraction of sp³-hybridized carbons (Fsp3) is 0.423. The molecule has 35 heavy (non-hydrogen) atoms. The van der Waals surface area contributed by atoms with Gasteiger partial charge >= 0.3 is 0 Å². The molecule has 9 heteroatoms. The molecule has 5 rings (SSSR count). The molecule has 2 aliphatic heterocycles. The van der Waals surface area contributed by atoms with E-state index in [2.05, 4.69) is 32.9 Å². The van der Waals surface area contributed by atoms with Crippen molar-refractivity contribution >= 4 is 34.8 Å². The summed E-state index contributed by atoms with van der Waals surface area (Å²) in [6.07, 6.45) is 1.70. The number of anilines is 1. The quantitative estimate of drug-likeness (QED) is 0.482. The molecule has 0 saturated carbocycles. The van der Waals surface area contributed by atoms with Crippen molar-refractivity contribution in [1.82, 2.24) is 19.9 Å². The Morgan fingerprint density at radius 3 is 2.37 bits per heavy atom. The minimum absolute atomic E-state index is 0.0815. The first kappa shape index (κ1) is 24.1. The highest BCUT2D eigenvalue weighted by Gasteiger charge is 2.31. The van der Waals surface area contributed by atoms with Gasteiger partial charge in [-0.2, -0.15) is 4.98 Å². The van der Waals surface area contributed by atoms with Crippen molar-refractivity contribution in [3.8, 4) is 11.4 Å². The molecule has 0 N–H and O–H groups in total. The molecule has 1 aromatic heterocycles. The Kier molecular flexibility index (Phi) is 7.27. The largest absolute Gasteiger partial charge is 0.368 e. The van der Waals surface area contributed by atoms with Gasteiger partial charge in [0.15, 0.2) is 0 Å². The van der Waals surface area contributed by atoms with E-state index in [4.69, 9.17) is 27.7 Å². The number of piperidine rings is 1. The molecule has 7 nitrogen and oxygen atoms in total. The second kappa shape index (κ2) is 10.6. The molecule has 3 aromatic rings. The molecule has 0 atom stereocenters. The number of carbonyl (C=O) groups excluding carboxylic acids is 1. The molecule has 184 valence electrons. The maximum atomic E-state index is 13.2. The van der Waals surface area contributed by atoms with Gasteiger partial charge in [-0.15, -0.1) is 0 Å². The van der Waals surface area contributed by atoms with Gasteiger partial charge in [0.2, 0.25) is 17.6 Å². The van der Waals surface area contributed by atoms with E-state index in [1.807, 2.05) is 41.3 Å². The van der Waals surface area contributed by atoms with Crippen LogP contribution in [0.15, 0.2) is 47.0 Å². The van der Waals surface area contributed by atoms with Crippen molar-refractivity contribution in [2.45, 2.75) is 26.3 Å². The third-order valence-corrected chi connectivity index (χ3v) is 7.46. The molecule has 1 amide bonds. The standard InChI is InChI=1S/C26H29Cl2N5O2/c1-18-2-5-22(28)16-23(18)32-12-14-33(15-13-32)26(34)20-8-10-31(11-9-20)17-24-29-25(30-35-24)19-3-6-21(27)7-4-19/h2-7,16,20H,8-15,17H2,1H3. The van der Waals surface area contributed by atoms with Gasteiger partial charge in [-0.05, 0) is 74.8 Å². The van der Waals surface area contributed by atoms with Crippen LogP contribution in [0.5, 0.6) is 0 Å². The lowest BCUT2D eigenvalue weighted by molar-refractivity contribution is -0.137. The second-order valence-corrected chi connectivity index (χ2v) is 10.2. The summed E-state index contributed by atoms with van der Waals surface area (Å²) in [5.74, 6) is 1.52. The first-order valence-corrected chi connectivity index (χ1v) is 12.8. The van der Waals surface area contributed by atoms with E-state index in [1.54, 1.807) is 0 Å². The van der Waals surface area contributed by atoms with Crippen LogP contribution in [-0.2, 0) is 11.3 Å². The molecule has 0 aliphatic carbocycles. The van der Waals surface area contributed by atoms with Gasteiger partial charge < -0.3 is 14.3 Å². The Morgan fingerprint density at radius 1 is 0.971 bits per heavy atom. The van der Waals surface area contributed by atoms with Gasteiger partial charge in [0.1, 0.15) is 0 Å². The van der Waals surface area contributed by atoms with Gasteiger partial charge in [-0.3, -0.25) is 9.69 Å². The lowest BCUT2D eigenvalue weighted by Crippen LogP contribution is -2.51. The van der Waals surface area contributed by atoms with Crippen LogP contribution in [0.4, 0.5) is 5.69 Å². The third-order valence-electron chi connectivity index (χ3n) is 6.97. The summed E-state index contributed by atoms with van der Waals surface area (Å²) in [6.45, 7) is 7.55. The van der Waals surface area contributed by atoms with Gasteiger partial charge in [-0.25, -0.2) is 0 Å². The van der Waals surface area contributed by atoms with Gasteiger partial charge in [0.25, 0.3) is 0 Å². The third kappa shape index (κ3) is 5.63. The Morgan fingerprint density at radius 2 is 1.66 bits per heavy atom. The average Bonchev–Trinajstić information content (AvgIpc) is 3.34. The number of hydrogen-bond acceptors (Lipinski definition) is 6. The number of amides is 1. The molecular weight excluding hydrogens is 485 g/mol. The minimum Gasteiger partial charge on any atom is -0.368 e. The summed E-state index contributed by atoms with van der Waals surface area (Å²) < 4.78 is 5.46. The number of aryl methyl sites for hydroxylation is 1. The maximum Gasteiger partial charge on any atom is 0.241 e. The smallest absolute Gasteiger partial charge is 0.241 e. The molecule has 2 fully saturated rings.